The second-order valence-corrected chi connectivity index (χ2v) is 8.14. The Morgan fingerprint density at radius 3 is 2.16 bits per heavy atom. The Morgan fingerprint density at radius 2 is 1.60 bits per heavy atom. The van der Waals surface area contributed by atoms with Crippen molar-refractivity contribution >= 4 is 26.2 Å². The Balaban J connectivity index is 1.97. The summed E-state index contributed by atoms with van der Waals surface area (Å²) in [6.07, 6.45) is -0.0402. The molecule has 3 N–H and O–H groups in total. The molecule has 0 spiro atoms. The van der Waals surface area contributed by atoms with Crippen molar-refractivity contribution in [3.05, 3.63) is 59.7 Å². The fourth-order valence-corrected chi connectivity index (χ4v) is 3.10. The van der Waals surface area contributed by atoms with Crippen LogP contribution < -0.4 is 10.5 Å². The first-order chi connectivity index (χ1) is 11.6. The zero-order chi connectivity index (χ0) is 18.7. The zero-order valence-corrected chi connectivity index (χ0v) is 14.5. The van der Waals surface area contributed by atoms with Crippen LogP contribution in [0.3, 0.4) is 0 Å². The zero-order valence-electron chi connectivity index (χ0n) is 12.8. The summed E-state index contributed by atoms with van der Waals surface area (Å²) in [7, 11) is -8.59. The number of benzene rings is 2. The molecule has 2 rings (SSSR count). The van der Waals surface area contributed by atoms with Gasteiger partial charge in [-0.1, -0.05) is 24.3 Å². The van der Waals surface area contributed by atoms with Crippen LogP contribution in [0.1, 0.15) is 11.1 Å². The molecule has 0 aromatic heterocycles. The average molecular weight is 386 g/mol. The lowest BCUT2D eigenvalue weighted by molar-refractivity contribution is -0.120. The second-order valence-electron chi connectivity index (χ2n) is 5.23. The van der Waals surface area contributed by atoms with Crippen molar-refractivity contribution < 1.29 is 25.5 Å². The average Bonchev–Trinajstić information content (AvgIpc) is 2.52. The molecule has 0 aliphatic carbocycles. The third kappa shape index (κ3) is 5.62. The van der Waals surface area contributed by atoms with Gasteiger partial charge in [0.1, 0.15) is 0 Å². The van der Waals surface area contributed by atoms with Crippen molar-refractivity contribution in [2.75, 3.05) is 0 Å². The molecule has 0 aliphatic rings. The largest absolute Gasteiger partial charge is 0.352 e. The number of halogens is 1. The first-order valence-electron chi connectivity index (χ1n) is 6.98. The quantitative estimate of drug-likeness (QED) is 0.713. The molecule has 2 aromatic carbocycles. The maximum absolute atomic E-state index is 12.8. The van der Waals surface area contributed by atoms with Gasteiger partial charge in [0.2, 0.25) is 15.9 Å². The smallest absolute Gasteiger partial charge is 0.332 e. The first kappa shape index (κ1) is 19.0. The Kier molecular flexibility index (Phi) is 5.55. The van der Waals surface area contributed by atoms with E-state index in [1.807, 2.05) is 0 Å². The molecule has 10 heteroatoms. The molecule has 0 saturated carbocycles. The van der Waals surface area contributed by atoms with Crippen LogP contribution in [0.25, 0.3) is 0 Å². The molecular formula is C15H15FN2O5S2. The molecule has 0 atom stereocenters. The van der Waals surface area contributed by atoms with E-state index < -0.39 is 25.1 Å². The van der Waals surface area contributed by atoms with E-state index >= 15 is 0 Å². The molecular weight excluding hydrogens is 371 g/mol. The lowest BCUT2D eigenvalue weighted by atomic mass is 10.1. The van der Waals surface area contributed by atoms with Crippen LogP contribution in [0.15, 0.2) is 58.3 Å². The number of rotatable bonds is 6. The van der Waals surface area contributed by atoms with Crippen LogP contribution >= 0.6 is 0 Å². The van der Waals surface area contributed by atoms with E-state index in [1.54, 1.807) is 6.07 Å². The van der Waals surface area contributed by atoms with Crippen LogP contribution in [-0.2, 0) is 38.0 Å². The summed E-state index contributed by atoms with van der Waals surface area (Å²) in [4.78, 5) is 11.4. The van der Waals surface area contributed by atoms with Crippen molar-refractivity contribution in [1.82, 2.24) is 5.32 Å². The first-order valence-corrected chi connectivity index (χ1v) is 9.91. The molecule has 0 heterocycles. The van der Waals surface area contributed by atoms with E-state index in [4.69, 9.17) is 5.14 Å². The third-order valence-corrected chi connectivity index (χ3v) is 5.03. The van der Waals surface area contributed by atoms with E-state index in [9.17, 15) is 25.5 Å². The van der Waals surface area contributed by atoms with Gasteiger partial charge in [0, 0.05) is 6.54 Å². The summed E-state index contributed by atoms with van der Waals surface area (Å²) in [5.74, 6) is -0.364. The molecule has 1 amide bonds. The summed E-state index contributed by atoms with van der Waals surface area (Å²) < 4.78 is 56.8. The van der Waals surface area contributed by atoms with Gasteiger partial charge >= 0.3 is 10.2 Å². The Bertz CT molecular complexity index is 987. The van der Waals surface area contributed by atoms with Gasteiger partial charge < -0.3 is 5.32 Å². The molecule has 0 unspecified atom stereocenters. The molecule has 2 aromatic rings. The number of carbonyl (C=O) groups excluding carboxylic acids is 1. The molecule has 0 fully saturated rings. The van der Waals surface area contributed by atoms with Crippen molar-refractivity contribution in [3.8, 4) is 0 Å². The summed E-state index contributed by atoms with van der Waals surface area (Å²) >= 11 is 0. The van der Waals surface area contributed by atoms with Gasteiger partial charge in [-0.3, -0.25) is 4.79 Å². The van der Waals surface area contributed by atoms with E-state index in [1.165, 1.54) is 30.3 Å². The maximum Gasteiger partial charge on any atom is 0.332 e. The van der Waals surface area contributed by atoms with Gasteiger partial charge in [-0.05, 0) is 35.4 Å². The van der Waals surface area contributed by atoms with Crippen molar-refractivity contribution in [2.45, 2.75) is 22.8 Å². The minimum atomic E-state index is -4.77. The fraction of sp³-hybridized carbons (Fsp3) is 0.133. The Labute approximate surface area is 144 Å². The summed E-state index contributed by atoms with van der Waals surface area (Å²) in [6, 6.07) is 10.7. The van der Waals surface area contributed by atoms with Gasteiger partial charge in [0.15, 0.2) is 0 Å². The van der Waals surface area contributed by atoms with Crippen molar-refractivity contribution in [1.29, 1.82) is 0 Å². The summed E-state index contributed by atoms with van der Waals surface area (Å²) in [5, 5.41) is 7.65. The minimum Gasteiger partial charge on any atom is -0.352 e. The molecule has 0 bridgehead atoms. The second kappa shape index (κ2) is 7.30. The van der Waals surface area contributed by atoms with Gasteiger partial charge in [-0.25, -0.2) is 13.6 Å². The Hall–Kier alpha value is -2.30. The molecule has 0 saturated heterocycles. The number of hydrogen-bond acceptors (Lipinski definition) is 5. The van der Waals surface area contributed by atoms with Crippen molar-refractivity contribution in [2.24, 2.45) is 5.14 Å². The van der Waals surface area contributed by atoms with Gasteiger partial charge in [0.25, 0.3) is 0 Å². The number of sulfonamides is 1. The highest BCUT2D eigenvalue weighted by atomic mass is 32.3. The number of amides is 1. The number of nitrogens with two attached hydrogens (primary N) is 1. The standard InChI is InChI=1S/C15H15FN2O5S2/c16-24(20,21)13-6-4-11(5-7-13)9-15(19)18-10-12-2-1-3-14(8-12)25(17,22)23/h1-8H,9-10H2,(H,18,19)(H2,17,22,23). The number of hydrogen-bond donors (Lipinski definition) is 2. The Morgan fingerprint density at radius 1 is 0.960 bits per heavy atom. The van der Waals surface area contributed by atoms with Crippen LogP contribution in [0.5, 0.6) is 0 Å². The normalized spacial score (nSPS) is 11.9. The SMILES string of the molecule is NS(=O)(=O)c1cccc(CNC(=O)Cc2ccc(S(=O)(=O)F)cc2)c1. The maximum atomic E-state index is 12.8. The van der Waals surface area contributed by atoms with E-state index in [0.29, 0.717) is 11.1 Å². The lowest BCUT2D eigenvalue weighted by Crippen LogP contribution is -2.24. The van der Waals surface area contributed by atoms with E-state index in [2.05, 4.69) is 5.32 Å². The molecule has 134 valence electrons. The van der Waals surface area contributed by atoms with Crippen molar-refractivity contribution in [3.63, 3.8) is 0 Å². The number of nitrogens with one attached hydrogen (secondary N) is 1. The molecule has 0 aliphatic heterocycles. The molecule has 25 heavy (non-hydrogen) atoms. The number of primary sulfonamides is 1. The molecule has 0 radical (unpaired) electrons. The van der Waals surface area contributed by atoms with Gasteiger partial charge in [-0.2, -0.15) is 8.42 Å². The summed E-state index contributed by atoms with van der Waals surface area (Å²) in [5.41, 5.74) is 1.06. The summed E-state index contributed by atoms with van der Waals surface area (Å²) in [6.45, 7) is 0.0964. The number of carbonyl (C=O) groups is 1. The minimum absolute atomic E-state index is 0.0402. The molecule has 7 nitrogen and oxygen atoms in total. The highest BCUT2D eigenvalue weighted by molar-refractivity contribution is 7.89. The lowest BCUT2D eigenvalue weighted by Gasteiger charge is -2.07. The highest BCUT2D eigenvalue weighted by Gasteiger charge is 2.12. The third-order valence-electron chi connectivity index (χ3n) is 3.29. The van der Waals surface area contributed by atoms with E-state index in [-0.39, 0.29) is 23.8 Å². The van der Waals surface area contributed by atoms with Gasteiger partial charge in [0.05, 0.1) is 16.2 Å². The van der Waals surface area contributed by atoms with Gasteiger partial charge in [-0.15, -0.1) is 3.89 Å². The van der Waals surface area contributed by atoms with Crippen LogP contribution in [0.2, 0.25) is 0 Å². The van der Waals surface area contributed by atoms with Crippen LogP contribution in [0, 0.1) is 0 Å². The monoisotopic (exact) mass is 386 g/mol. The fourth-order valence-electron chi connectivity index (χ4n) is 2.05. The predicted octanol–water partition coefficient (Wildman–Crippen LogP) is 0.851. The van der Waals surface area contributed by atoms with E-state index in [0.717, 1.165) is 12.1 Å². The van der Waals surface area contributed by atoms with Crippen LogP contribution in [-0.4, -0.2) is 22.7 Å². The highest BCUT2D eigenvalue weighted by Crippen LogP contribution is 2.13. The van der Waals surface area contributed by atoms with Crippen LogP contribution in [0.4, 0.5) is 3.89 Å². The topological polar surface area (TPSA) is 123 Å². The predicted molar refractivity (Wildman–Crippen MR) is 88.1 cm³/mol.